The van der Waals surface area contributed by atoms with Gasteiger partial charge in [0.15, 0.2) is 0 Å². The predicted molar refractivity (Wildman–Crippen MR) is 34.7 cm³/mol. The number of carbonyl (C=O) groups excluding carboxylic acids is 1. The van der Waals surface area contributed by atoms with Gasteiger partial charge in [-0.05, 0) is 0 Å². The summed E-state index contributed by atoms with van der Waals surface area (Å²) >= 11 is 0. The number of rotatable bonds is 3. The number of amides is 1. The number of hydrogen-bond donors (Lipinski definition) is 2. The molecule has 0 fully saturated rings. The quantitative estimate of drug-likeness (QED) is 0.532. The van der Waals surface area contributed by atoms with Crippen LogP contribution in [0.1, 0.15) is 6.92 Å². The van der Waals surface area contributed by atoms with Gasteiger partial charge in [0, 0.05) is 6.92 Å². The fourth-order valence-electron chi connectivity index (χ4n) is 0.390. The second-order valence-corrected chi connectivity index (χ2v) is 3.54. The van der Waals surface area contributed by atoms with Crippen molar-refractivity contribution in [2.45, 2.75) is 6.92 Å². The Balaban J connectivity index is 4.02. The Hall–Kier alpha value is -0.620. The Morgan fingerprint density at radius 1 is 1.60 bits per heavy atom. The highest BCUT2D eigenvalue weighted by molar-refractivity contribution is 7.90. The van der Waals surface area contributed by atoms with E-state index in [-0.39, 0.29) is 0 Å². The molecule has 0 aliphatic rings. The third-order valence-corrected chi connectivity index (χ3v) is 1.98. The van der Waals surface area contributed by atoms with Gasteiger partial charge in [0.05, 0.1) is 12.4 Å². The molecule has 0 bridgehead atoms. The topological polar surface area (TPSA) is 83.5 Å². The zero-order valence-electron chi connectivity index (χ0n) is 5.49. The third-order valence-electron chi connectivity index (χ3n) is 0.659. The van der Waals surface area contributed by atoms with Gasteiger partial charge in [0.2, 0.25) is 15.9 Å². The molecule has 0 unspecified atom stereocenters. The van der Waals surface area contributed by atoms with Crippen LogP contribution in [0.2, 0.25) is 0 Å². The normalized spacial score (nSPS) is 11.0. The average molecular weight is 167 g/mol. The fraction of sp³-hybridized carbons (Fsp3) is 0.750. The highest BCUT2D eigenvalue weighted by Crippen LogP contribution is 1.80. The molecule has 5 nitrogen and oxygen atoms in total. The van der Waals surface area contributed by atoms with Crippen molar-refractivity contribution in [1.29, 1.82) is 0 Å². The molecule has 0 rings (SSSR count). The first-order valence-corrected chi connectivity index (χ1v) is 4.25. The van der Waals surface area contributed by atoms with E-state index in [4.69, 9.17) is 5.11 Å². The Bertz CT molecular complexity index is 207. The molecule has 6 heteroatoms. The lowest BCUT2D eigenvalue weighted by Crippen LogP contribution is -2.31. The van der Waals surface area contributed by atoms with Crippen LogP contribution in [0.15, 0.2) is 0 Å². The lowest BCUT2D eigenvalue weighted by molar-refractivity contribution is -0.117. The van der Waals surface area contributed by atoms with Gasteiger partial charge in [0.1, 0.15) is 0 Å². The van der Waals surface area contributed by atoms with Crippen LogP contribution in [0.3, 0.4) is 0 Å². The summed E-state index contributed by atoms with van der Waals surface area (Å²) in [5.41, 5.74) is 0. The van der Waals surface area contributed by atoms with Crippen molar-refractivity contribution in [1.82, 2.24) is 4.72 Å². The second-order valence-electron chi connectivity index (χ2n) is 1.70. The van der Waals surface area contributed by atoms with Gasteiger partial charge in [-0.1, -0.05) is 0 Å². The van der Waals surface area contributed by atoms with E-state index >= 15 is 0 Å². The molecule has 0 heterocycles. The first-order chi connectivity index (χ1) is 4.48. The standard InChI is InChI=1S/C4H9NO4S/c1-4(7)5-10(8,9)3-2-6/h6H,2-3H2,1H3,(H,5,7). The van der Waals surface area contributed by atoms with Crippen LogP contribution in [0, 0.1) is 0 Å². The Labute approximate surface area is 59.1 Å². The van der Waals surface area contributed by atoms with Gasteiger partial charge in [-0.15, -0.1) is 0 Å². The molecule has 0 aromatic heterocycles. The van der Waals surface area contributed by atoms with E-state index in [1.54, 1.807) is 4.72 Å². The Morgan fingerprint density at radius 3 is 2.40 bits per heavy atom. The molecule has 0 aromatic rings. The molecule has 0 radical (unpaired) electrons. The molecule has 0 atom stereocenters. The van der Waals surface area contributed by atoms with Crippen molar-refractivity contribution in [3.05, 3.63) is 0 Å². The molecule has 0 aliphatic carbocycles. The zero-order chi connectivity index (χ0) is 8.20. The molecular formula is C4H9NO4S. The van der Waals surface area contributed by atoms with Gasteiger partial charge in [-0.2, -0.15) is 0 Å². The van der Waals surface area contributed by atoms with E-state index in [1.807, 2.05) is 0 Å². The molecule has 0 saturated carbocycles. The van der Waals surface area contributed by atoms with Gasteiger partial charge in [0.25, 0.3) is 0 Å². The number of carbonyl (C=O) groups is 1. The fourth-order valence-corrected chi connectivity index (χ4v) is 1.17. The summed E-state index contributed by atoms with van der Waals surface area (Å²) in [5, 5.41) is 8.18. The minimum atomic E-state index is -3.58. The van der Waals surface area contributed by atoms with Crippen LogP contribution < -0.4 is 4.72 Å². The molecule has 60 valence electrons. The van der Waals surface area contributed by atoms with Crippen molar-refractivity contribution in [2.75, 3.05) is 12.4 Å². The first kappa shape index (κ1) is 9.38. The smallest absolute Gasteiger partial charge is 0.237 e. The van der Waals surface area contributed by atoms with Gasteiger partial charge in [-0.3, -0.25) is 9.52 Å². The first-order valence-electron chi connectivity index (χ1n) is 2.60. The predicted octanol–water partition coefficient (Wildman–Crippen LogP) is -1.56. The van der Waals surface area contributed by atoms with E-state index in [9.17, 15) is 13.2 Å². The van der Waals surface area contributed by atoms with E-state index in [0.717, 1.165) is 6.92 Å². The van der Waals surface area contributed by atoms with Crippen molar-refractivity contribution >= 4 is 15.9 Å². The minimum Gasteiger partial charge on any atom is -0.395 e. The van der Waals surface area contributed by atoms with E-state index in [1.165, 1.54) is 0 Å². The Morgan fingerprint density at radius 2 is 2.10 bits per heavy atom. The maximum absolute atomic E-state index is 10.5. The van der Waals surface area contributed by atoms with Crippen molar-refractivity contribution in [3.63, 3.8) is 0 Å². The van der Waals surface area contributed by atoms with Crippen LogP contribution in [0.4, 0.5) is 0 Å². The summed E-state index contributed by atoms with van der Waals surface area (Å²) < 4.78 is 22.8. The molecule has 0 saturated heterocycles. The SMILES string of the molecule is CC(=O)NS(=O)(=O)CCO. The third kappa shape index (κ3) is 4.28. The largest absolute Gasteiger partial charge is 0.395 e. The molecule has 1 amide bonds. The van der Waals surface area contributed by atoms with Crippen LogP contribution in [-0.2, 0) is 14.8 Å². The number of aliphatic hydroxyl groups is 1. The lowest BCUT2D eigenvalue weighted by Gasteiger charge is -1.99. The highest BCUT2D eigenvalue weighted by atomic mass is 32.2. The summed E-state index contributed by atoms with van der Waals surface area (Å²) in [6.07, 6.45) is 0. The van der Waals surface area contributed by atoms with Crippen LogP contribution in [0.5, 0.6) is 0 Å². The van der Waals surface area contributed by atoms with E-state index in [0.29, 0.717) is 0 Å². The summed E-state index contributed by atoms with van der Waals surface area (Å²) in [7, 11) is -3.58. The highest BCUT2D eigenvalue weighted by Gasteiger charge is 2.09. The molecule has 0 spiro atoms. The molecule has 10 heavy (non-hydrogen) atoms. The summed E-state index contributed by atoms with van der Waals surface area (Å²) in [6, 6.07) is 0. The van der Waals surface area contributed by atoms with Crippen molar-refractivity contribution in [3.8, 4) is 0 Å². The maximum Gasteiger partial charge on any atom is 0.237 e. The molecule has 2 N–H and O–H groups in total. The van der Waals surface area contributed by atoms with Crippen molar-refractivity contribution < 1.29 is 18.3 Å². The zero-order valence-corrected chi connectivity index (χ0v) is 6.31. The lowest BCUT2D eigenvalue weighted by atomic mass is 10.8. The summed E-state index contributed by atoms with van der Waals surface area (Å²) in [4.78, 5) is 10.2. The maximum atomic E-state index is 10.5. The number of aliphatic hydroxyl groups excluding tert-OH is 1. The van der Waals surface area contributed by atoms with Gasteiger partial charge < -0.3 is 5.11 Å². The molecule has 0 aromatic carbocycles. The van der Waals surface area contributed by atoms with Crippen LogP contribution in [-0.4, -0.2) is 31.8 Å². The molecule has 0 aliphatic heterocycles. The number of nitrogens with one attached hydrogen (secondary N) is 1. The van der Waals surface area contributed by atoms with E-state index in [2.05, 4.69) is 0 Å². The van der Waals surface area contributed by atoms with Crippen molar-refractivity contribution in [2.24, 2.45) is 0 Å². The van der Waals surface area contributed by atoms with Crippen LogP contribution in [0.25, 0.3) is 0 Å². The van der Waals surface area contributed by atoms with Gasteiger partial charge in [-0.25, -0.2) is 8.42 Å². The number of hydrogen-bond acceptors (Lipinski definition) is 4. The summed E-state index contributed by atoms with van der Waals surface area (Å²) in [5.74, 6) is -1.08. The monoisotopic (exact) mass is 167 g/mol. The van der Waals surface area contributed by atoms with Crippen LogP contribution >= 0.6 is 0 Å². The Kier molecular flexibility index (Phi) is 3.31. The number of sulfonamides is 1. The van der Waals surface area contributed by atoms with Gasteiger partial charge >= 0.3 is 0 Å². The summed E-state index contributed by atoms with van der Waals surface area (Å²) in [6.45, 7) is 0.609. The van der Waals surface area contributed by atoms with E-state index < -0.39 is 28.3 Å². The second kappa shape index (κ2) is 3.52. The minimum absolute atomic E-state index is 0.438. The average Bonchev–Trinajstić information content (AvgIpc) is 1.59. The molecular weight excluding hydrogens is 158 g/mol.